The first-order chi connectivity index (χ1) is 8.79. The molecule has 3 rings (SSSR count). The molecule has 0 radical (unpaired) electrons. The van der Waals surface area contributed by atoms with Gasteiger partial charge >= 0.3 is 0 Å². The first-order valence-corrected chi connectivity index (χ1v) is 5.93. The van der Waals surface area contributed by atoms with Gasteiger partial charge in [0.25, 0.3) is 0 Å². The fourth-order valence-electron chi connectivity index (χ4n) is 2.20. The van der Waals surface area contributed by atoms with Crippen LogP contribution >= 0.6 is 0 Å². The Morgan fingerprint density at radius 2 is 2.17 bits per heavy atom. The van der Waals surface area contributed by atoms with Crippen molar-refractivity contribution >= 4 is 27.6 Å². The van der Waals surface area contributed by atoms with E-state index in [-0.39, 0.29) is 6.67 Å². The Morgan fingerprint density at radius 3 is 3.00 bits per heavy atom. The second kappa shape index (κ2) is 4.29. The number of nitrogens with one attached hydrogen (secondary N) is 1. The zero-order valence-corrected chi connectivity index (χ0v) is 10.2. The second-order valence-electron chi connectivity index (χ2n) is 4.36. The molecule has 2 aromatic heterocycles. The number of aromatic nitrogens is 2. The molecule has 0 atom stereocenters. The molecule has 1 N–H and O–H groups in total. The number of hydrogen-bond acceptors (Lipinski definition) is 2. The van der Waals surface area contributed by atoms with E-state index in [0.29, 0.717) is 6.54 Å². The lowest BCUT2D eigenvalue weighted by atomic mass is 10.2. The zero-order chi connectivity index (χ0) is 12.5. The molecule has 0 spiro atoms. The summed E-state index contributed by atoms with van der Waals surface area (Å²) in [4.78, 5) is 9.61. The molecule has 0 aliphatic carbocycles. The van der Waals surface area contributed by atoms with Crippen molar-refractivity contribution in [1.82, 2.24) is 9.97 Å². The summed E-state index contributed by atoms with van der Waals surface area (Å²) < 4.78 is 12.4. The van der Waals surface area contributed by atoms with Crippen LogP contribution in [0.15, 0.2) is 36.5 Å². The van der Waals surface area contributed by atoms with Gasteiger partial charge in [-0.3, -0.25) is 4.98 Å². The highest BCUT2D eigenvalue weighted by Crippen LogP contribution is 2.26. The van der Waals surface area contributed by atoms with Gasteiger partial charge in [0, 0.05) is 30.9 Å². The summed E-state index contributed by atoms with van der Waals surface area (Å²) in [7, 11) is 1.89. The molecule has 3 aromatic rings. The summed E-state index contributed by atoms with van der Waals surface area (Å²) in [5.74, 6) is 0. The third-order valence-electron chi connectivity index (χ3n) is 3.20. The van der Waals surface area contributed by atoms with Crippen LogP contribution in [0, 0.1) is 0 Å². The predicted molar refractivity (Wildman–Crippen MR) is 72.8 cm³/mol. The Bertz CT molecular complexity index is 690. The lowest BCUT2D eigenvalue weighted by Crippen LogP contribution is -2.19. The smallest absolute Gasteiger partial charge is 0.107 e. The highest BCUT2D eigenvalue weighted by atomic mass is 19.1. The number of pyridine rings is 1. The van der Waals surface area contributed by atoms with Crippen molar-refractivity contribution in [2.75, 3.05) is 25.2 Å². The Morgan fingerprint density at radius 1 is 1.28 bits per heavy atom. The number of fused-ring (bicyclic) bond motifs is 3. The Hall–Kier alpha value is -2.10. The van der Waals surface area contributed by atoms with E-state index in [9.17, 15) is 4.39 Å². The fraction of sp³-hybridized carbons (Fsp3) is 0.214. The van der Waals surface area contributed by atoms with Crippen molar-refractivity contribution in [2.45, 2.75) is 0 Å². The van der Waals surface area contributed by atoms with E-state index in [0.717, 1.165) is 27.6 Å². The molecular formula is C14H14FN3. The van der Waals surface area contributed by atoms with Crippen LogP contribution in [0.1, 0.15) is 0 Å². The van der Waals surface area contributed by atoms with Crippen LogP contribution in [0.3, 0.4) is 0 Å². The first-order valence-electron chi connectivity index (χ1n) is 5.93. The van der Waals surface area contributed by atoms with Gasteiger partial charge in [-0.05, 0) is 30.3 Å². The van der Waals surface area contributed by atoms with Crippen molar-refractivity contribution in [3.05, 3.63) is 36.5 Å². The number of halogens is 1. The minimum absolute atomic E-state index is 0.344. The molecule has 0 bridgehead atoms. The fourth-order valence-corrected chi connectivity index (χ4v) is 2.20. The van der Waals surface area contributed by atoms with Gasteiger partial charge in [0.2, 0.25) is 0 Å². The molecule has 0 amide bonds. The van der Waals surface area contributed by atoms with Crippen LogP contribution in [-0.2, 0) is 0 Å². The molecule has 0 fully saturated rings. The molecule has 0 unspecified atom stereocenters. The third kappa shape index (κ3) is 1.70. The number of hydrogen-bond donors (Lipinski definition) is 1. The van der Waals surface area contributed by atoms with E-state index in [1.807, 2.05) is 42.3 Å². The van der Waals surface area contributed by atoms with Gasteiger partial charge in [0.1, 0.15) is 6.67 Å². The maximum atomic E-state index is 12.4. The van der Waals surface area contributed by atoms with Crippen molar-refractivity contribution in [1.29, 1.82) is 0 Å². The van der Waals surface area contributed by atoms with E-state index < -0.39 is 0 Å². The van der Waals surface area contributed by atoms with Crippen LogP contribution in [0.5, 0.6) is 0 Å². The largest absolute Gasteiger partial charge is 0.372 e. The second-order valence-corrected chi connectivity index (χ2v) is 4.36. The van der Waals surface area contributed by atoms with Crippen molar-refractivity contribution in [2.24, 2.45) is 0 Å². The number of H-pyrrole nitrogens is 1. The van der Waals surface area contributed by atoms with Gasteiger partial charge in [-0.25, -0.2) is 4.39 Å². The predicted octanol–water partition coefficient (Wildman–Crippen LogP) is 3.12. The van der Waals surface area contributed by atoms with Gasteiger partial charge in [-0.2, -0.15) is 0 Å². The molecule has 0 aliphatic heterocycles. The van der Waals surface area contributed by atoms with Crippen molar-refractivity contribution in [3.63, 3.8) is 0 Å². The summed E-state index contributed by atoms with van der Waals surface area (Å²) in [6, 6.07) is 9.99. The number of rotatable bonds is 3. The summed E-state index contributed by atoms with van der Waals surface area (Å²) >= 11 is 0. The molecule has 1 aromatic carbocycles. The number of anilines is 1. The van der Waals surface area contributed by atoms with Crippen molar-refractivity contribution in [3.8, 4) is 0 Å². The van der Waals surface area contributed by atoms with Gasteiger partial charge in [-0.15, -0.1) is 0 Å². The van der Waals surface area contributed by atoms with Gasteiger partial charge in [0.15, 0.2) is 0 Å². The molecule has 18 heavy (non-hydrogen) atoms. The third-order valence-corrected chi connectivity index (χ3v) is 3.20. The number of aromatic amines is 1. The lowest BCUT2D eigenvalue weighted by molar-refractivity contribution is 0.497. The number of benzene rings is 1. The molecule has 0 saturated heterocycles. The number of nitrogens with zero attached hydrogens (tertiary/aromatic N) is 2. The summed E-state index contributed by atoms with van der Waals surface area (Å²) in [6.45, 7) is 0.0623. The Kier molecular flexibility index (Phi) is 2.63. The maximum Gasteiger partial charge on any atom is 0.107 e. The molecule has 3 nitrogen and oxygen atoms in total. The van der Waals surface area contributed by atoms with E-state index in [1.54, 1.807) is 6.20 Å². The van der Waals surface area contributed by atoms with E-state index in [2.05, 4.69) is 9.97 Å². The average Bonchev–Trinajstić information content (AvgIpc) is 2.76. The van der Waals surface area contributed by atoms with Gasteiger partial charge in [0.05, 0.1) is 16.6 Å². The minimum atomic E-state index is -0.344. The zero-order valence-electron chi connectivity index (χ0n) is 10.2. The van der Waals surface area contributed by atoms with E-state index in [1.165, 1.54) is 0 Å². The van der Waals surface area contributed by atoms with Crippen LogP contribution in [0.25, 0.3) is 21.9 Å². The SMILES string of the molecule is CN(CCF)c1ccc2c(c1)[nH]c1cccnc12. The van der Waals surface area contributed by atoms with E-state index >= 15 is 0 Å². The quantitative estimate of drug-likeness (QED) is 0.766. The highest BCUT2D eigenvalue weighted by Gasteiger charge is 2.07. The first kappa shape index (κ1) is 11.0. The van der Waals surface area contributed by atoms with Crippen LogP contribution < -0.4 is 4.90 Å². The highest BCUT2D eigenvalue weighted by molar-refractivity contribution is 6.05. The normalized spacial score (nSPS) is 11.2. The average molecular weight is 243 g/mol. The maximum absolute atomic E-state index is 12.4. The van der Waals surface area contributed by atoms with Gasteiger partial charge < -0.3 is 9.88 Å². The summed E-state index contributed by atoms with van der Waals surface area (Å²) in [5, 5.41) is 1.10. The molecule has 2 heterocycles. The van der Waals surface area contributed by atoms with Crippen LogP contribution in [0.2, 0.25) is 0 Å². The molecule has 0 aliphatic rings. The molecule has 0 saturated carbocycles. The van der Waals surface area contributed by atoms with E-state index in [4.69, 9.17) is 0 Å². The Labute approximate surface area is 104 Å². The topological polar surface area (TPSA) is 31.9 Å². The van der Waals surface area contributed by atoms with Crippen molar-refractivity contribution < 1.29 is 4.39 Å². The van der Waals surface area contributed by atoms with Crippen LogP contribution in [-0.4, -0.2) is 30.2 Å². The standard InChI is InChI=1S/C14H14FN3/c1-18(8-6-15)10-4-5-11-13(9-10)17-12-3-2-7-16-14(11)12/h2-5,7,9,17H,6,8H2,1H3. The summed E-state index contributed by atoms with van der Waals surface area (Å²) in [6.07, 6.45) is 1.79. The summed E-state index contributed by atoms with van der Waals surface area (Å²) in [5.41, 5.74) is 4.05. The minimum Gasteiger partial charge on any atom is -0.372 e. The molecule has 4 heteroatoms. The van der Waals surface area contributed by atoms with Crippen LogP contribution in [0.4, 0.5) is 10.1 Å². The van der Waals surface area contributed by atoms with Gasteiger partial charge in [-0.1, -0.05) is 0 Å². The Balaban J connectivity index is 2.15. The number of alkyl halides is 1. The molecule has 92 valence electrons. The lowest BCUT2D eigenvalue weighted by Gasteiger charge is -2.17. The monoisotopic (exact) mass is 243 g/mol. The molecular weight excluding hydrogens is 229 g/mol.